The zero-order chi connectivity index (χ0) is 34.0. The highest BCUT2D eigenvalue weighted by molar-refractivity contribution is 6.06. The van der Waals surface area contributed by atoms with Gasteiger partial charge in [-0.3, -0.25) is 0 Å². The molecule has 0 spiro atoms. The molecule has 8 aromatic carbocycles. The molecule has 9 aromatic rings. The minimum Gasteiger partial charge on any atom is -0.310 e. The van der Waals surface area contributed by atoms with Crippen molar-refractivity contribution in [2.45, 2.75) is 0 Å². The summed E-state index contributed by atoms with van der Waals surface area (Å²) < 4.78 is 0. The van der Waals surface area contributed by atoms with Gasteiger partial charge in [-0.1, -0.05) is 152 Å². The highest BCUT2D eigenvalue weighted by atomic mass is 15.1. The summed E-state index contributed by atoms with van der Waals surface area (Å²) in [4.78, 5) is 12.8. The first kappa shape index (κ1) is 30.2. The Morgan fingerprint density at radius 3 is 1.47 bits per heavy atom. The molecule has 1 aromatic heterocycles. The third kappa shape index (κ3) is 5.92. The van der Waals surface area contributed by atoms with Crippen LogP contribution in [0.15, 0.2) is 200 Å². The lowest BCUT2D eigenvalue weighted by Gasteiger charge is -2.26. The average Bonchev–Trinajstić information content (AvgIpc) is 3.22. The first-order valence-corrected chi connectivity index (χ1v) is 17.2. The van der Waals surface area contributed by atoms with E-state index in [1.165, 1.54) is 11.1 Å². The van der Waals surface area contributed by atoms with Crippen molar-refractivity contribution in [2.75, 3.05) is 4.90 Å². The fraction of sp³-hybridized carbons (Fsp3) is 0. The molecule has 3 nitrogen and oxygen atoms in total. The fourth-order valence-electron chi connectivity index (χ4n) is 6.90. The molecular weight excluding hydrogens is 619 g/mol. The van der Waals surface area contributed by atoms with Gasteiger partial charge in [0.25, 0.3) is 0 Å². The molecule has 0 aliphatic heterocycles. The number of hydrogen-bond donors (Lipinski definition) is 0. The quantitative estimate of drug-likeness (QED) is 0.161. The Balaban J connectivity index is 1.12. The predicted octanol–water partition coefficient (Wildman–Crippen LogP) is 12.9. The number of benzene rings is 8. The Labute approximate surface area is 297 Å². The Kier molecular flexibility index (Phi) is 7.84. The molecule has 51 heavy (non-hydrogen) atoms. The van der Waals surface area contributed by atoms with Gasteiger partial charge in [-0.05, 0) is 76.2 Å². The maximum atomic E-state index is 5.31. The largest absolute Gasteiger partial charge is 0.310 e. The van der Waals surface area contributed by atoms with Gasteiger partial charge in [0.05, 0.1) is 22.4 Å². The molecule has 0 amide bonds. The van der Waals surface area contributed by atoms with Crippen molar-refractivity contribution in [3.63, 3.8) is 0 Å². The average molecular weight is 652 g/mol. The van der Waals surface area contributed by atoms with E-state index in [0.29, 0.717) is 0 Å². The standard InChI is InChI=1S/C48H33N3/c1-5-14-34(15-6-1)35-24-28-42(29-25-35)51(41-21-11-4-12-22-41)43-23-13-20-38(33-43)39-26-30-44-40(32-39)27-31-45-48(44)50-47(37-18-9-3-10-19-37)46(49-45)36-16-7-2-8-17-36/h1-33H. The van der Waals surface area contributed by atoms with E-state index >= 15 is 0 Å². The maximum Gasteiger partial charge on any atom is 0.0973 e. The van der Waals surface area contributed by atoms with E-state index in [1.54, 1.807) is 0 Å². The number of nitrogens with zero attached hydrogens (tertiary/aromatic N) is 3. The van der Waals surface area contributed by atoms with E-state index in [9.17, 15) is 0 Å². The Morgan fingerprint density at radius 1 is 0.314 bits per heavy atom. The molecule has 1 heterocycles. The minimum absolute atomic E-state index is 0.882. The minimum atomic E-state index is 0.882. The van der Waals surface area contributed by atoms with Gasteiger partial charge in [-0.15, -0.1) is 0 Å². The summed E-state index contributed by atoms with van der Waals surface area (Å²) in [5.41, 5.74) is 13.7. The van der Waals surface area contributed by atoms with Crippen molar-refractivity contribution in [2.24, 2.45) is 0 Å². The fourth-order valence-corrected chi connectivity index (χ4v) is 6.90. The van der Waals surface area contributed by atoms with Gasteiger partial charge in [-0.25, -0.2) is 9.97 Å². The second-order valence-corrected chi connectivity index (χ2v) is 12.7. The summed E-state index contributed by atoms with van der Waals surface area (Å²) in [7, 11) is 0. The molecule has 0 fully saturated rings. The van der Waals surface area contributed by atoms with E-state index in [1.807, 2.05) is 24.3 Å². The van der Waals surface area contributed by atoms with Crippen LogP contribution in [0.5, 0.6) is 0 Å². The number of fused-ring (bicyclic) bond motifs is 3. The van der Waals surface area contributed by atoms with Gasteiger partial charge < -0.3 is 4.90 Å². The Bertz CT molecular complexity index is 2600. The molecule has 9 rings (SSSR count). The van der Waals surface area contributed by atoms with Gasteiger partial charge in [0.15, 0.2) is 0 Å². The van der Waals surface area contributed by atoms with Gasteiger partial charge in [0.2, 0.25) is 0 Å². The van der Waals surface area contributed by atoms with Crippen LogP contribution >= 0.6 is 0 Å². The third-order valence-corrected chi connectivity index (χ3v) is 9.43. The van der Waals surface area contributed by atoms with E-state index < -0.39 is 0 Å². The molecule has 0 saturated heterocycles. The summed E-state index contributed by atoms with van der Waals surface area (Å²) in [6.07, 6.45) is 0. The first-order chi connectivity index (χ1) is 25.3. The van der Waals surface area contributed by atoms with Crippen LogP contribution in [0.1, 0.15) is 0 Å². The number of aromatic nitrogens is 2. The lowest BCUT2D eigenvalue weighted by Crippen LogP contribution is -2.09. The molecule has 0 aliphatic rings. The van der Waals surface area contributed by atoms with Crippen molar-refractivity contribution >= 4 is 38.9 Å². The third-order valence-electron chi connectivity index (χ3n) is 9.43. The summed E-state index contributed by atoms with van der Waals surface area (Å²) in [5, 5.41) is 2.21. The monoisotopic (exact) mass is 651 g/mol. The van der Waals surface area contributed by atoms with Crippen molar-refractivity contribution in [3.8, 4) is 44.8 Å². The molecule has 0 unspecified atom stereocenters. The van der Waals surface area contributed by atoms with Crippen LogP contribution in [0.4, 0.5) is 17.1 Å². The van der Waals surface area contributed by atoms with Crippen LogP contribution in [0.2, 0.25) is 0 Å². The van der Waals surface area contributed by atoms with Crippen LogP contribution in [0, 0.1) is 0 Å². The Morgan fingerprint density at radius 2 is 0.804 bits per heavy atom. The van der Waals surface area contributed by atoms with E-state index in [2.05, 4.69) is 181 Å². The summed E-state index contributed by atoms with van der Waals surface area (Å²) in [6.45, 7) is 0. The van der Waals surface area contributed by atoms with Crippen molar-refractivity contribution < 1.29 is 0 Å². The van der Waals surface area contributed by atoms with Crippen LogP contribution in [0.25, 0.3) is 66.6 Å². The smallest absolute Gasteiger partial charge is 0.0973 e. The highest BCUT2D eigenvalue weighted by Crippen LogP contribution is 2.39. The number of anilines is 3. The lowest BCUT2D eigenvalue weighted by molar-refractivity contribution is 1.28. The number of hydrogen-bond acceptors (Lipinski definition) is 3. The number of rotatable bonds is 7. The molecule has 0 saturated carbocycles. The molecule has 0 atom stereocenters. The Hall–Kier alpha value is -6.84. The normalized spacial score (nSPS) is 11.1. The first-order valence-electron chi connectivity index (χ1n) is 17.2. The summed E-state index contributed by atoms with van der Waals surface area (Å²) in [5.74, 6) is 0. The lowest BCUT2D eigenvalue weighted by atomic mass is 9.98. The SMILES string of the molecule is c1ccc(-c2ccc(N(c3ccccc3)c3cccc(-c4ccc5c(ccc6nc(-c7ccccc7)c(-c7ccccc7)nc65)c4)c3)cc2)cc1. The molecular formula is C48H33N3. The second kappa shape index (κ2) is 13.2. The number of para-hydroxylation sites is 1. The van der Waals surface area contributed by atoms with Crippen LogP contribution in [0.3, 0.4) is 0 Å². The van der Waals surface area contributed by atoms with Crippen molar-refractivity contribution in [1.29, 1.82) is 0 Å². The molecule has 240 valence electrons. The zero-order valence-corrected chi connectivity index (χ0v) is 27.9. The van der Waals surface area contributed by atoms with Crippen LogP contribution in [-0.2, 0) is 0 Å². The van der Waals surface area contributed by atoms with E-state index in [4.69, 9.17) is 9.97 Å². The zero-order valence-electron chi connectivity index (χ0n) is 27.9. The van der Waals surface area contributed by atoms with Gasteiger partial charge in [0, 0.05) is 33.6 Å². The van der Waals surface area contributed by atoms with Crippen LogP contribution < -0.4 is 4.90 Å². The maximum absolute atomic E-state index is 5.31. The topological polar surface area (TPSA) is 29.0 Å². The molecule has 0 N–H and O–H groups in total. The summed E-state index contributed by atoms with van der Waals surface area (Å²) in [6, 6.07) is 70.3. The van der Waals surface area contributed by atoms with Crippen molar-refractivity contribution in [3.05, 3.63) is 200 Å². The van der Waals surface area contributed by atoms with Gasteiger partial charge >= 0.3 is 0 Å². The molecule has 0 bridgehead atoms. The molecule has 0 radical (unpaired) electrons. The highest BCUT2D eigenvalue weighted by Gasteiger charge is 2.16. The van der Waals surface area contributed by atoms with Gasteiger partial charge in [-0.2, -0.15) is 0 Å². The van der Waals surface area contributed by atoms with Crippen molar-refractivity contribution in [1.82, 2.24) is 9.97 Å². The van der Waals surface area contributed by atoms with Crippen LogP contribution in [-0.4, -0.2) is 9.97 Å². The molecule has 3 heteroatoms. The predicted molar refractivity (Wildman–Crippen MR) is 213 cm³/mol. The summed E-state index contributed by atoms with van der Waals surface area (Å²) >= 11 is 0. The van der Waals surface area contributed by atoms with E-state index in [-0.39, 0.29) is 0 Å². The molecule has 0 aliphatic carbocycles. The van der Waals surface area contributed by atoms with E-state index in [0.717, 1.165) is 72.5 Å². The second-order valence-electron chi connectivity index (χ2n) is 12.7. The van der Waals surface area contributed by atoms with Gasteiger partial charge in [0.1, 0.15) is 0 Å².